The van der Waals surface area contributed by atoms with Gasteiger partial charge < -0.3 is 9.73 Å². The Hall–Kier alpha value is -2.42. The van der Waals surface area contributed by atoms with Gasteiger partial charge >= 0.3 is 6.03 Å². The monoisotopic (exact) mass is 333 g/mol. The molecule has 0 bridgehead atoms. The van der Waals surface area contributed by atoms with Crippen LogP contribution < -0.4 is 10.6 Å². The number of imide groups is 1. The molecule has 0 saturated carbocycles. The lowest BCUT2D eigenvalue weighted by Gasteiger charge is -2.27. The second-order valence-corrected chi connectivity index (χ2v) is 6.10. The van der Waals surface area contributed by atoms with E-state index in [2.05, 4.69) is 25.8 Å². The van der Waals surface area contributed by atoms with E-state index in [0.717, 1.165) is 5.56 Å². The first-order valence-electron chi connectivity index (χ1n) is 7.07. The van der Waals surface area contributed by atoms with Crippen molar-refractivity contribution in [3.63, 3.8) is 0 Å². The number of thioether (sulfide) groups is 1. The van der Waals surface area contributed by atoms with Crippen LogP contribution in [0, 0.1) is 5.92 Å². The van der Waals surface area contributed by atoms with Gasteiger partial charge in [0.05, 0.1) is 5.92 Å². The van der Waals surface area contributed by atoms with Crippen LogP contribution in [0.25, 0.3) is 0 Å². The Morgan fingerprint density at radius 1 is 1.35 bits per heavy atom. The molecule has 2 aromatic heterocycles. The average Bonchev–Trinajstić information content (AvgIpc) is 2.97. The van der Waals surface area contributed by atoms with E-state index < -0.39 is 11.9 Å². The number of rotatable bonds is 5. The summed E-state index contributed by atoms with van der Waals surface area (Å²) in [5, 5.41) is 13.3. The van der Waals surface area contributed by atoms with E-state index >= 15 is 0 Å². The quantitative estimate of drug-likeness (QED) is 0.790. The normalized spacial score (nSPS) is 20.9. The summed E-state index contributed by atoms with van der Waals surface area (Å²) in [6, 6.07) is 3.08. The van der Waals surface area contributed by atoms with E-state index in [1.165, 1.54) is 11.8 Å². The summed E-state index contributed by atoms with van der Waals surface area (Å²) in [4.78, 5) is 27.1. The Morgan fingerprint density at radius 2 is 2.22 bits per heavy atom. The third-order valence-corrected chi connectivity index (χ3v) is 4.35. The van der Waals surface area contributed by atoms with Gasteiger partial charge in [0.15, 0.2) is 0 Å². The van der Waals surface area contributed by atoms with Crippen molar-refractivity contribution in [2.24, 2.45) is 5.92 Å². The molecule has 3 amide bonds. The summed E-state index contributed by atoms with van der Waals surface area (Å²) in [6.07, 6.45) is 3.78. The van der Waals surface area contributed by atoms with Gasteiger partial charge in [0, 0.05) is 30.6 Å². The third-order valence-electron chi connectivity index (χ3n) is 3.46. The first-order chi connectivity index (χ1) is 11.1. The minimum atomic E-state index is -0.475. The highest BCUT2D eigenvalue weighted by Crippen LogP contribution is 2.22. The van der Waals surface area contributed by atoms with Crippen molar-refractivity contribution in [1.82, 2.24) is 25.8 Å². The second-order valence-electron chi connectivity index (χ2n) is 5.17. The highest BCUT2D eigenvalue weighted by atomic mass is 32.2. The summed E-state index contributed by atoms with van der Waals surface area (Å²) in [6.45, 7) is 1.77. The zero-order valence-electron chi connectivity index (χ0n) is 12.4. The van der Waals surface area contributed by atoms with E-state index in [4.69, 9.17) is 4.42 Å². The van der Waals surface area contributed by atoms with Gasteiger partial charge in [0.2, 0.25) is 11.8 Å². The maximum absolute atomic E-state index is 11.9. The number of nitrogens with zero attached hydrogens (tertiary/aromatic N) is 3. The van der Waals surface area contributed by atoms with E-state index in [1.54, 1.807) is 19.3 Å². The number of hydrogen-bond acceptors (Lipinski definition) is 7. The van der Waals surface area contributed by atoms with Crippen LogP contribution in [0.5, 0.6) is 0 Å². The van der Waals surface area contributed by atoms with Crippen LogP contribution in [-0.2, 0) is 17.0 Å². The van der Waals surface area contributed by atoms with Gasteiger partial charge in [-0.2, -0.15) is 0 Å². The molecule has 0 aromatic carbocycles. The van der Waals surface area contributed by atoms with Gasteiger partial charge in [-0.05, 0) is 18.6 Å². The summed E-state index contributed by atoms with van der Waals surface area (Å²) >= 11 is 1.41. The van der Waals surface area contributed by atoms with E-state index in [0.29, 0.717) is 16.9 Å². The molecule has 1 fully saturated rings. The summed E-state index contributed by atoms with van der Waals surface area (Å²) in [7, 11) is 0. The lowest BCUT2D eigenvalue weighted by Crippen LogP contribution is -2.57. The number of nitrogens with one attached hydrogen (secondary N) is 2. The van der Waals surface area contributed by atoms with Crippen LogP contribution in [-0.4, -0.2) is 33.2 Å². The SMILES string of the molecule is CC1NC(=O)NC(=O)C1Cc1nnc(SCc2cccnc2)o1. The van der Waals surface area contributed by atoms with Gasteiger partial charge in [-0.1, -0.05) is 17.8 Å². The van der Waals surface area contributed by atoms with Crippen molar-refractivity contribution in [3.05, 3.63) is 36.0 Å². The number of hydrogen-bond donors (Lipinski definition) is 2. The predicted molar refractivity (Wildman–Crippen MR) is 81.4 cm³/mol. The van der Waals surface area contributed by atoms with Crippen molar-refractivity contribution in [1.29, 1.82) is 0 Å². The zero-order chi connectivity index (χ0) is 16.2. The molecule has 1 aliphatic heterocycles. The molecule has 1 saturated heterocycles. The number of carbonyl (C=O) groups is 2. The molecule has 3 rings (SSSR count). The Balaban J connectivity index is 1.59. The summed E-state index contributed by atoms with van der Waals surface area (Å²) in [5.41, 5.74) is 1.06. The molecule has 2 atom stereocenters. The van der Waals surface area contributed by atoms with Gasteiger partial charge in [-0.3, -0.25) is 15.1 Å². The number of urea groups is 1. The highest BCUT2D eigenvalue weighted by molar-refractivity contribution is 7.98. The molecule has 23 heavy (non-hydrogen) atoms. The molecule has 0 radical (unpaired) electrons. The molecule has 8 nitrogen and oxygen atoms in total. The van der Waals surface area contributed by atoms with Crippen LogP contribution in [0.1, 0.15) is 18.4 Å². The van der Waals surface area contributed by atoms with Crippen molar-refractivity contribution in [2.75, 3.05) is 0 Å². The van der Waals surface area contributed by atoms with Gasteiger partial charge in [0.25, 0.3) is 5.22 Å². The standard InChI is InChI=1S/C14H15N5O3S/c1-8-10(12(20)17-13(21)16-8)5-11-18-19-14(22-11)23-7-9-3-2-4-15-6-9/h2-4,6,8,10H,5,7H2,1H3,(H2,16,17,20,21). The molecule has 0 aliphatic carbocycles. The number of carbonyl (C=O) groups excluding carboxylic acids is 2. The summed E-state index contributed by atoms with van der Waals surface area (Å²) in [5.74, 6) is 0.293. The summed E-state index contributed by atoms with van der Waals surface area (Å²) < 4.78 is 5.56. The minimum Gasteiger partial charge on any atom is -0.416 e. The third kappa shape index (κ3) is 3.86. The largest absolute Gasteiger partial charge is 0.416 e. The molecule has 120 valence electrons. The minimum absolute atomic E-state index is 0.283. The maximum atomic E-state index is 11.9. The number of amides is 3. The fraction of sp³-hybridized carbons (Fsp3) is 0.357. The lowest BCUT2D eigenvalue weighted by atomic mass is 9.95. The fourth-order valence-electron chi connectivity index (χ4n) is 2.24. The van der Waals surface area contributed by atoms with E-state index in [9.17, 15) is 9.59 Å². The van der Waals surface area contributed by atoms with Crippen LogP contribution in [0.2, 0.25) is 0 Å². The van der Waals surface area contributed by atoms with Crippen LogP contribution in [0.4, 0.5) is 4.79 Å². The Morgan fingerprint density at radius 3 is 2.96 bits per heavy atom. The molecule has 2 N–H and O–H groups in total. The molecular formula is C14H15N5O3S. The molecule has 9 heteroatoms. The van der Waals surface area contributed by atoms with Crippen LogP contribution in [0.3, 0.4) is 0 Å². The Kier molecular flexibility index (Phi) is 4.56. The highest BCUT2D eigenvalue weighted by Gasteiger charge is 2.33. The predicted octanol–water partition coefficient (Wildman–Crippen LogP) is 1.14. The van der Waals surface area contributed by atoms with E-state index in [-0.39, 0.29) is 18.4 Å². The number of pyridine rings is 1. The second kappa shape index (κ2) is 6.78. The van der Waals surface area contributed by atoms with Gasteiger partial charge in [0.1, 0.15) is 0 Å². The molecule has 2 unspecified atom stereocenters. The number of aromatic nitrogens is 3. The smallest absolute Gasteiger partial charge is 0.321 e. The lowest BCUT2D eigenvalue weighted by molar-refractivity contribution is -0.125. The molecule has 1 aliphatic rings. The van der Waals surface area contributed by atoms with Gasteiger partial charge in [-0.25, -0.2) is 4.79 Å². The Labute approximate surface area is 136 Å². The van der Waals surface area contributed by atoms with Gasteiger partial charge in [-0.15, -0.1) is 10.2 Å². The van der Waals surface area contributed by atoms with Crippen LogP contribution in [0.15, 0.2) is 34.2 Å². The van der Waals surface area contributed by atoms with Crippen LogP contribution >= 0.6 is 11.8 Å². The molecule has 2 aromatic rings. The molecular weight excluding hydrogens is 318 g/mol. The van der Waals surface area contributed by atoms with E-state index in [1.807, 2.05) is 12.1 Å². The average molecular weight is 333 g/mol. The van der Waals surface area contributed by atoms with Crippen molar-refractivity contribution in [2.45, 2.75) is 30.4 Å². The molecule has 0 spiro atoms. The van der Waals surface area contributed by atoms with Crippen molar-refractivity contribution in [3.8, 4) is 0 Å². The fourth-order valence-corrected chi connectivity index (χ4v) is 2.95. The first-order valence-corrected chi connectivity index (χ1v) is 8.06. The zero-order valence-corrected chi connectivity index (χ0v) is 13.2. The first kappa shape index (κ1) is 15.5. The molecule has 3 heterocycles. The van der Waals surface area contributed by atoms with Crippen molar-refractivity contribution >= 4 is 23.7 Å². The van der Waals surface area contributed by atoms with Crippen molar-refractivity contribution < 1.29 is 14.0 Å². The topological polar surface area (TPSA) is 110 Å². The maximum Gasteiger partial charge on any atom is 0.321 e. The Bertz CT molecular complexity index is 705.